The van der Waals surface area contributed by atoms with Gasteiger partial charge >= 0.3 is 0 Å². The molecule has 0 bridgehead atoms. The van der Waals surface area contributed by atoms with Gasteiger partial charge in [-0.2, -0.15) is 0 Å². The molecule has 0 saturated carbocycles. The Morgan fingerprint density at radius 2 is 1.63 bits per heavy atom. The number of ether oxygens (including phenoxy) is 1. The van der Waals surface area contributed by atoms with E-state index < -0.39 is 10.0 Å². The number of nitrogens with one attached hydrogen (secondary N) is 1. The molecule has 1 aliphatic heterocycles. The average molecular weight is 423 g/mol. The number of aryl methyl sites for hydroxylation is 1. The van der Waals surface area contributed by atoms with Gasteiger partial charge in [0.2, 0.25) is 0 Å². The Morgan fingerprint density at radius 1 is 0.933 bits per heavy atom. The third-order valence-corrected chi connectivity index (χ3v) is 6.73. The van der Waals surface area contributed by atoms with Crippen molar-refractivity contribution < 1.29 is 17.9 Å². The highest BCUT2D eigenvalue weighted by atomic mass is 32.2. The van der Waals surface area contributed by atoms with Crippen LogP contribution in [0.2, 0.25) is 0 Å². The molecule has 0 fully saturated rings. The number of carbonyl (C=O) groups is 1. The van der Waals surface area contributed by atoms with Gasteiger partial charge < -0.3 is 10.1 Å². The fourth-order valence-electron chi connectivity index (χ4n) is 3.45. The van der Waals surface area contributed by atoms with Crippen molar-refractivity contribution in [2.75, 3.05) is 22.8 Å². The minimum absolute atomic E-state index is 0.166. The maximum absolute atomic E-state index is 13.2. The lowest BCUT2D eigenvalue weighted by molar-refractivity contribution is -0.118. The number of sulfonamides is 1. The first-order valence-electron chi connectivity index (χ1n) is 9.72. The smallest absolute Gasteiger partial charge is 0.264 e. The molecular weight excluding hydrogens is 400 g/mol. The number of hydrogen-bond donors (Lipinski definition) is 1. The molecule has 0 spiro atoms. The monoisotopic (exact) mass is 422 g/mol. The summed E-state index contributed by atoms with van der Waals surface area (Å²) in [6.07, 6.45) is 1.66. The SMILES string of the molecule is O=C(COc1ccc(S(=O)(=O)N2CCCc3ccccc32)cc1)Nc1ccccc1. The maximum atomic E-state index is 13.2. The van der Waals surface area contributed by atoms with E-state index in [1.165, 1.54) is 16.4 Å². The molecule has 0 saturated heterocycles. The predicted molar refractivity (Wildman–Crippen MR) is 116 cm³/mol. The number of carbonyl (C=O) groups excluding carboxylic acids is 1. The van der Waals surface area contributed by atoms with E-state index in [9.17, 15) is 13.2 Å². The third kappa shape index (κ3) is 4.31. The van der Waals surface area contributed by atoms with Crippen molar-refractivity contribution >= 4 is 27.3 Å². The zero-order valence-corrected chi connectivity index (χ0v) is 17.1. The number of nitrogens with zero attached hydrogens (tertiary/aromatic N) is 1. The second kappa shape index (κ2) is 8.59. The molecule has 0 atom stereocenters. The standard InChI is InChI=1S/C23H22N2O4S/c26-23(24-19-9-2-1-3-10-19)17-29-20-12-14-21(15-13-20)30(27,28)25-16-6-8-18-7-4-5-11-22(18)25/h1-5,7,9-15H,6,8,16-17H2,(H,24,26). The van der Waals surface area contributed by atoms with Gasteiger partial charge in [-0.25, -0.2) is 8.42 Å². The minimum atomic E-state index is -3.67. The molecule has 30 heavy (non-hydrogen) atoms. The Balaban J connectivity index is 1.43. The van der Waals surface area contributed by atoms with Crippen LogP contribution in [0.4, 0.5) is 11.4 Å². The number of amides is 1. The van der Waals surface area contributed by atoms with E-state index in [0.29, 0.717) is 18.0 Å². The summed E-state index contributed by atoms with van der Waals surface area (Å²) in [6, 6.07) is 22.8. The number of rotatable bonds is 6. The number of anilines is 2. The molecule has 0 aliphatic carbocycles. The molecular formula is C23H22N2O4S. The molecule has 0 aromatic heterocycles. The summed E-state index contributed by atoms with van der Waals surface area (Å²) in [4.78, 5) is 12.2. The van der Waals surface area contributed by atoms with Gasteiger partial charge in [-0.1, -0.05) is 36.4 Å². The van der Waals surface area contributed by atoms with Crippen molar-refractivity contribution in [2.24, 2.45) is 0 Å². The summed E-state index contributed by atoms with van der Waals surface area (Å²) in [5.74, 6) is 0.138. The summed E-state index contributed by atoms with van der Waals surface area (Å²) in [5.41, 5.74) is 2.47. The fourth-order valence-corrected chi connectivity index (χ4v) is 4.99. The van der Waals surface area contributed by atoms with Gasteiger partial charge in [-0.3, -0.25) is 9.10 Å². The number of benzene rings is 3. The zero-order chi connectivity index (χ0) is 21.0. The Labute approximate surface area is 176 Å². The van der Waals surface area contributed by atoms with Crippen molar-refractivity contribution in [1.82, 2.24) is 0 Å². The minimum Gasteiger partial charge on any atom is -0.484 e. The Hall–Kier alpha value is -3.32. The van der Waals surface area contributed by atoms with E-state index in [1.807, 2.05) is 42.5 Å². The highest BCUT2D eigenvalue weighted by molar-refractivity contribution is 7.92. The molecule has 1 heterocycles. The van der Waals surface area contributed by atoms with E-state index in [0.717, 1.165) is 24.1 Å². The molecule has 154 valence electrons. The van der Waals surface area contributed by atoms with Crippen LogP contribution in [-0.4, -0.2) is 27.5 Å². The van der Waals surface area contributed by atoms with Gasteiger partial charge in [0.1, 0.15) is 5.75 Å². The van der Waals surface area contributed by atoms with Gasteiger partial charge in [0, 0.05) is 12.2 Å². The highest BCUT2D eigenvalue weighted by Gasteiger charge is 2.28. The van der Waals surface area contributed by atoms with E-state index in [-0.39, 0.29) is 17.4 Å². The lowest BCUT2D eigenvalue weighted by atomic mass is 10.0. The molecule has 3 aromatic rings. The topological polar surface area (TPSA) is 75.7 Å². The summed E-state index contributed by atoms with van der Waals surface area (Å²) in [5, 5.41) is 2.73. The second-order valence-electron chi connectivity index (χ2n) is 6.98. The van der Waals surface area contributed by atoms with Crippen molar-refractivity contribution in [3.8, 4) is 5.75 Å². The lowest BCUT2D eigenvalue weighted by Crippen LogP contribution is -2.35. The number of para-hydroxylation sites is 2. The maximum Gasteiger partial charge on any atom is 0.264 e. The molecule has 0 radical (unpaired) electrons. The van der Waals surface area contributed by atoms with Crippen LogP contribution in [0.1, 0.15) is 12.0 Å². The van der Waals surface area contributed by atoms with Crippen LogP contribution in [0.25, 0.3) is 0 Å². The molecule has 0 unspecified atom stereocenters. The van der Waals surface area contributed by atoms with Crippen molar-refractivity contribution in [2.45, 2.75) is 17.7 Å². The van der Waals surface area contributed by atoms with E-state index in [1.54, 1.807) is 24.3 Å². The van der Waals surface area contributed by atoms with Crippen molar-refractivity contribution in [3.05, 3.63) is 84.4 Å². The summed E-state index contributed by atoms with van der Waals surface area (Å²) in [6.45, 7) is 0.289. The van der Waals surface area contributed by atoms with Crippen molar-refractivity contribution in [3.63, 3.8) is 0 Å². The molecule has 1 N–H and O–H groups in total. The predicted octanol–water partition coefficient (Wildman–Crippen LogP) is 3.85. The van der Waals surface area contributed by atoms with Crippen LogP contribution in [0.5, 0.6) is 5.75 Å². The second-order valence-corrected chi connectivity index (χ2v) is 8.85. The Bertz CT molecular complexity index is 1130. The van der Waals surface area contributed by atoms with Crippen LogP contribution >= 0.6 is 0 Å². The lowest BCUT2D eigenvalue weighted by Gasteiger charge is -2.30. The molecule has 7 heteroatoms. The summed E-state index contributed by atoms with van der Waals surface area (Å²) in [7, 11) is -3.67. The molecule has 3 aromatic carbocycles. The van der Waals surface area contributed by atoms with Crippen LogP contribution in [0, 0.1) is 0 Å². The van der Waals surface area contributed by atoms with E-state index in [2.05, 4.69) is 5.32 Å². The highest BCUT2D eigenvalue weighted by Crippen LogP contribution is 2.32. The quantitative estimate of drug-likeness (QED) is 0.655. The molecule has 1 aliphatic rings. The van der Waals surface area contributed by atoms with Gasteiger partial charge in [0.05, 0.1) is 10.6 Å². The zero-order valence-electron chi connectivity index (χ0n) is 16.3. The normalized spacial score (nSPS) is 13.4. The fraction of sp³-hybridized carbons (Fsp3) is 0.174. The van der Waals surface area contributed by atoms with Crippen LogP contribution in [0.15, 0.2) is 83.8 Å². The number of hydrogen-bond acceptors (Lipinski definition) is 4. The van der Waals surface area contributed by atoms with E-state index in [4.69, 9.17) is 4.74 Å². The first kappa shape index (κ1) is 20.0. The van der Waals surface area contributed by atoms with Crippen LogP contribution < -0.4 is 14.4 Å². The first-order valence-corrected chi connectivity index (χ1v) is 11.2. The molecule has 1 amide bonds. The Morgan fingerprint density at radius 3 is 2.40 bits per heavy atom. The first-order chi connectivity index (χ1) is 14.5. The summed E-state index contributed by atoms with van der Waals surface area (Å²) >= 11 is 0. The van der Waals surface area contributed by atoms with Crippen LogP contribution in [-0.2, 0) is 21.2 Å². The number of fused-ring (bicyclic) bond motifs is 1. The van der Waals surface area contributed by atoms with Gasteiger partial charge in [0.15, 0.2) is 6.61 Å². The van der Waals surface area contributed by atoms with Gasteiger partial charge in [-0.05, 0) is 60.9 Å². The summed E-state index contributed by atoms with van der Waals surface area (Å²) < 4.78 is 33.3. The van der Waals surface area contributed by atoms with Crippen LogP contribution in [0.3, 0.4) is 0 Å². The third-order valence-electron chi connectivity index (χ3n) is 4.91. The average Bonchev–Trinajstić information content (AvgIpc) is 2.78. The molecule has 4 rings (SSSR count). The molecule has 6 nitrogen and oxygen atoms in total. The van der Waals surface area contributed by atoms with Crippen molar-refractivity contribution in [1.29, 1.82) is 0 Å². The Kier molecular flexibility index (Phi) is 5.72. The van der Waals surface area contributed by atoms with Gasteiger partial charge in [0.25, 0.3) is 15.9 Å². The largest absolute Gasteiger partial charge is 0.484 e. The van der Waals surface area contributed by atoms with E-state index >= 15 is 0 Å². The van der Waals surface area contributed by atoms with Gasteiger partial charge in [-0.15, -0.1) is 0 Å².